The number of carboxylic acids is 1. The van der Waals surface area contributed by atoms with Crippen molar-refractivity contribution in [1.82, 2.24) is 5.32 Å². The van der Waals surface area contributed by atoms with E-state index >= 15 is 0 Å². The van der Waals surface area contributed by atoms with Gasteiger partial charge < -0.3 is 10.4 Å². The Morgan fingerprint density at radius 3 is 2.88 bits per heavy atom. The molecule has 0 fully saturated rings. The van der Waals surface area contributed by atoms with Crippen LogP contribution in [0.15, 0.2) is 22.7 Å². The van der Waals surface area contributed by atoms with Crippen LogP contribution in [0.1, 0.15) is 18.9 Å². The number of halogens is 2. The summed E-state index contributed by atoms with van der Waals surface area (Å²) in [4.78, 5) is 10.3. The van der Waals surface area contributed by atoms with Gasteiger partial charge in [0.25, 0.3) is 0 Å². The highest BCUT2D eigenvalue weighted by molar-refractivity contribution is 9.10. The molecule has 0 heterocycles. The summed E-state index contributed by atoms with van der Waals surface area (Å²) in [5, 5.41) is 11.6. The van der Waals surface area contributed by atoms with Crippen molar-refractivity contribution in [2.45, 2.75) is 25.8 Å². The first-order chi connectivity index (χ1) is 7.99. The van der Waals surface area contributed by atoms with Gasteiger partial charge in [-0.25, -0.2) is 4.39 Å². The number of nitrogens with one attached hydrogen (secondary N) is 1. The molecule has 0 amide bonds. The van der Waals surface area contributed by atoms with Crippen molar-refractivity contribution in [2.24, 2.45) is 0 Å². The van der Waals surface area contributed by atoms with E-state index in [1.807, 2.05) is 6.92 Å². The minimum absolute atomic E-state index is 0.106. The molecule has 0 aliphatic carbocycles. The van der Waals surface area contributed by atoms with E-state index < -0.39 is 5.97 Å². The number of benzene rings is 1. The zero-order valence-electron chi connectivity index (χ0n) is 9.54. The van der Waals surface area contributed by atoms with E-state index in [1.54, 1.807) is 6.07 Å². The molecule has 1 atom stereocenters. The normalized spacial score (nSPS) is 12.4. The van der Waals surface area contributed by atoms with Crippen LogP contribution < -0.4 is 5.32 Å². The van der Waals surface area contributed by atoms with Crippen LogP contribution in [0.5, 0.6) is 0 Å². The third-order valence-electron chi connectivity index (χ3n) is 2.37. The van der Waals surface area contributed by atoms with Crippen molar-refractivity contribution in [3.63, 3.8) is 0 Å². The van der Waals surface area contributed by atoms with Crippen molar-refractivity contribution in [3.05, 3.63) is 34.1 Å². The molecule has 1 aromatic rings. The Morgan fingerprint density at radius 1 is 1.59 bits per heavy atom. The quantitative estimate of drug-likeness (QED) is 0.849. The highest BCUT2D eigenvalue weighted by atomic mass is 79.9. The largest absolute Gasteiger partial charge is 0.481 e. The fourth-order valence-corrected chi connectivity index (χ4v) is 2.03. The lowest BCUT2D eigenvalue weighted by atomic mass is 10.1. The summed E-state index contributed by atoms with van der Waals surface area (Å²) in [7, 11) is 0. The Hall–Kier alpha value is -0.940. The maximum Gasteiger partial charge on any atom is 0.304 e. The topological polar surface area (TPSA) is 49.3 Å². The molecule has 1 rings (SSSR count). The minimum Gasteiger partial charge on any atom is -0.481 e. The summed E-state index contributed by atoms with van der Waals surface area (Å²) in [6.07, 6.45) is 0.829. The zero-order valence-corrected chi connectivity index (χ0v) is 11.1. The molecule has 0 aromatic heterocycles. The summed E-state index contributed by atoms with van der Waals surface area (Å²) >= 11 is 3.31. The van der Waals surface area contributed by atoms with E-state index in [4.69, 9.17) is 5.11 Å². The number of rotatable bonds is 6. The maximum atomic E-state index is 12.9. The van der Waals surface area contributed by atoms with Gasteiger partial charge in [-0.2, -0.15) is 0 Å². The van der Waals surface area contributed by atoms with Crippen LogP contribution in [0.2, 0.25) is 0 Å². The molecule has 17 heavy (non-hydrogen) atoms. The average Bonchev–Trinajstić information content (AvgIpc) is 2.21. The molecule has 0 spiro atoms. The van der Waals surface area contributed by atoms with Crippen LogP contribution in [-0.4, -0.2) is 23.7 Å². The Morgan fingerprint density at radius 2 is 2.29 bits per heavy atom. The van der Waals surface area contributed by atoms with Gasteiger partial charge in [0.15, 0.2) is 0 Å². The average molecular weight is 304 g/mol. The van der Waals surface area contributed by atoms with E-state index in [9.17, 15) is 9.18 Å². The molecule has 94 valence electrons. The van der Waals surface area contributed by atoms with Crippen molar-refractivity contribution >= 4 is 21.9 Å². The number of carboxylic acid groups (broad SMARTS) is 1. The van der Waals surface area contributed by atoms with Crippen LogP contribution >= 0.6 is 15.9 Å². The fourth-order valence-electron chi connectivity index (χ4n) is 1.51. The third-order valence-corrected chi connectivity index (χ3v) is 3.11. The van der Waals surface area contributed by atoms with Crippen LogP contribution in [0.4, 0.5) is 4.39 Å². The fraction of sp³-hybridized carbons (Fsp3) is 0.417. The lowest BCUT2D eigenvalue weighted by molar-refractivity contribution is -0.136. The van der Waals surface area contributed by atoms with Crippen LogP contribution in [-0.2, 0) is 11.2 Å². The Labute approximate surface area is 108 Å². The smallest absolute Gasteiger partial charge is 0.304 e. The molecule has 5 heteroatoms. The third kappa shape index (κ3) is 5.28. The molecule has 1 unspecified atom stereocenters. The predicted molar refractivity (Wildman–Crippen MR) is 67.5 cm³/mol. The van der Waals surface area contributed by atoms with E-state index in [-0.39, 0.29) is 18.3 Å². The second-order valence-electron chi connectivity index (χ2n) is 3.94. The summed E-state index contributed by atoms with van der Waals surface area (Å²) < 4.78 is 13.6. The van der Waals surface area contributed by atoms with Crippen LogP contribution in [0.3, 0.4) is 0 Å². The van der Waals surface area contributed by atoms with Crippen LogP contribution in [0.25, 0.3) is 0 Å². The van der Waals surface area contributed by atoms with Gasteiger partial charge in [-0.05, 0) is 31.0 Å². The van der Waals surface area contributed by atoms with Crippen molar-refractivity contribution in [2.75, 3.05) is 6.54 Å². The molecule has 2 N–H and O–H groups in total. The summed E-state index contributed by atoms with van der Waals surface area (Å²) in [5.41, 5.74) is 1.00. The highest BCUT2D eigenvalue weighted by Crippen LogP contribution is 2.19. The number of carbonyl (C=O) groups is 1. The molecular formula is C12H15BrFNO2. The second-order valence-corrected chi connectivity index (χ2v) is 4.79. The molecule has 1 aromatic carbocycles. The summed E-state index contributed by atoms with van der Waals surface area (Å²) in [6.45, 7) is 2.41. The Balaban J connectivity index is 2.44. The standard InChI is InChI=1S/C12H15BrFNO2/c1-8(15-5-4-12(16)17)6-9-2-3-10(14)7-11(9)13/h2-3,7-8,15H,4-6H2,1H3,(H,16,17). The first-order valence-electron chi connectivity index (χ1n) is 5.38. The van der Waals surface area contributed by atoms with Crippen molar-refractivity contribution in [3.8, 4) is 0 Å². The van der Waals surface area contributed by atoms with Gasteiger partial charge in [0.2, 0.25) is 0 Å². The van der Waals surface area contributed by atoms with E-state index in [0.29, 0.717) is 6.54 Å². The highest BCUT2D eigenvalue weighted by Gasteiger charge is 2.07. The Bertz CT molecular complexity index is 398. The van der Waals surface area contributed by atoms with Gasteiger partial charge in [0, 0.05) is 17.1 Å². The SMILES string of the molecule is CC(Cc1ccc(F)cc1Br)NCCC(=O)O. The van der Waals surface area contributed by atoms with Gasteiger partial charge in [-0.15, -0.1) is 0 Å². The van der Waals surface area contributed by atoms with Crippen LogP contribution in [0, 0.1) is 5.82 Å². The number of hydrogen-bond donors (Lipinski definition) is 2. The predicted octanol–water partition coefficient (Wildman–Crippen LogP) is 2.58. The monoisotopic (exact) mass is 303 g/mol. The van der Waals surface area contributed by atoms with E-state index in [1.165, 1.54) is 12.1 Å². The number of hydrogen-bond acceptors (Lipinski definition) is 2. The first kappa shape index (κ1) is 14.1. The summed E-state index contributed by atoms with van der Waals surface area (Å²) in [5.74, 6) is -1.08. The molecule has 0 radical (unpaired) electrons. The minimum atomic E-state index is -0.812. The lowest BCUT2D eigenvalue weighted by Gasteiger charge is -2.14. The summed E-state index contributed by atoms with van der Waals surface area (Å²) in [6, 6.07) is 4.73. The van der Waals surface area contributed by atoms with Gasteiger partial charge in [0.1, 0.15) is 5.82 Å². The van der Waals surface area contributed by atoms with Crippen molar-refractivity contribution < 1.29 is 14.3 Å². The van der Waals surface area contributed by atoms with Gasteiger partial charge in [-0.1, -0.05) is 22.0 Å². The van der Waals surface area contributed by atoms with Crippen molar-refractivity contribution in [1.29, 1.82) is 0 Å². The zero-order chi connectivity index (χ0) is 12.8. The lowest BCUT2D eigenvalue weighted by Crippen LogP contribution is -2.30. The van der Waals surface area contributed by atoms with Gasteiger partial charge in [-0.3, -0.25) is 4.79 Å². The molecule has 0 bridgehead atoms. The molecule has 0 saturated heterocycles. The molecule has 0 aliphatic heterocycles. The van der Waals surface area contributed by atoms with Gasteiger partial charge in [0.05, 0.1) is 6.42 Å². The Kier molecular flexibility index (Phi) is 5.58. The van der Waals surface area contributed by atoms with E-state index in [2.05, 4.69) is 21.2 Å². The first-order valence-corrected chi connectivity index (χ1v) is 6.17. The maximum absolute atomic E-state index is 12.9. The van der Waals surface area contributed by atoms with Gasteiger partial charge >= 0.3 is 5.97 Å². The van der Waals surface area contributed by atoms with E-state index in [0.717, 1.165) is 16.5 Å². The number of aliphatic carboxylic acids is 1. The molecule has 0 saturated carbocycles. The molecule has 3 nitrogen and oxygen atoms in total. The molecular weight excluding hydrogens is 289 g/mol. The second kappa shape index (κ2) is 6.71. The molecule has 0 aliphatic rings.